The highest BCUT2D eigenvalue weighted by atomic mass is 32.1. The van der Waals surface area contributed by atoms with Crippen molar-refractivity contribution in [3.8, 4) is 0 Å². The number of carbonyl (C=O) groups excluding carboxylic acids is 1. The van der Waals surface area contributed by atoms with Crippen LogP contribution in [0.25, 0.3) is 0 Å². The zero-order valence-corrected chi connectivity index (χ0v) is 14.0. The van der Waals surface area contributed by atoms with E-state index in [4.69, 9.17) is 0 Å². The highest BCUT2D eigenvalue weighted by molar-refractivity contribution is 7.13. The molecule has 112 valence electrons. The summed E-state index contributed by atoms with van der Waals surface area (Å²) in [6.45, 7) is 6.67. The standard InChI is InChI=1S/C16H21N3OS/c1-10-6-7-13(11(2)8-10)18-16(20)15-12(3)17-14(21-15)9-19(4)5/h6-8H,9H2,1-5H3,(H,18,20). The van der Waals surface area contributed by atoms with Gasteiger partial charge in [0.2, 0.25) is 0 Å². The van der Waals surface area contributed by atoms with E-state index < -0.39 is 0 Å². The highest BCUT2D eigenvalue weighted by Crippen LogP contribution is 2.22. The lowest BCUT2D eigenvalue weighted by Crippen LogP contribution is -2.12. The molecule has 0 fully saturated rings. The van der Waals surface area contributed by atoms with Gasteiger partial charge in [-0.05, 0) is 46.5 Å². The monoisotopic (exact) mass is 303 g/mol. The molecule has 1 heterocycles. The first-order chi connectivity index (χ1) is 9.86. The summed E-state index contributed by atoms with van der Waals surface area (Å²) in [6.07, 6.45) is 0. The summed E-state index contributed by atoms with van der Waals surface area (Å²) >= 11 is 1.46. The molecule has 1 amide bonds. The fourth-order valence-electron chi connectivity index (χ4n) is 2.13. The molecule has 2 rings (SSSR count). The quantitative estimate of drug-likeness (QED) is 0.941. The lowest BCUT2D eigenvalue weighted by atomic mass is 10.1. The van der Waals surface area contributed by atoms with E-state index >= 15 is 0 Å². The Morgan fingerprint density at radius 3 is 2.62 bits per heavy atom. The number of hydrogen-bond acceptors (Lipinski definition) is 4. The molecule has 1 aromatic heterocycles. The van der Waals surface area contributed by atoms with Gasteiger partial charge >= 0.3 is 0 Å². The Labute approximate surface area is 129 Å². The molecule has 1 aromatic carbocycles. The Morgan fingerprint density at radius 1 is 1.29 bits per heavy atom. The fraction of sp³-hybridized carbons (Fsp3) is 0.375. The first kappa shape index (κ1) is 15.7. The van der Waals surface area contributed by atoms with Crippen LogP contribution in [0, 0.1) is 20.8 Å². The molecule has 0 saturated heterocycles. The smallest absolute Gasteiger partial charge is 0.267 e. The molecule has 2 aromatic rings. The van der Waals surface area contributed by atoms with Crippen molar-refractivity contribution in [1.82, 2.24) is 9.88 Å². The second-order valence-corrected chi connectivity index (χ2v) is 6.62. The minimum Gasteiger partial charge on any atom is -0.321 e. The van der Waals surface area contributed by atoms with Gasteiger partial charge in [-0.25, -0.2) is 4.98 Å². The van der Waals surface area contributed by atoms with Gasteiger partial charge in [0.15, 0.2) is 0 Å². The van der Waals surface area contributed by atoms with Crippen molar-refractivity contribution in [2.24, 2.45) is 0 Å². The third kappa shape index (κ3) is 3.89. The number of nitrogens with one attached hydrogen (secondary N) is 1. The number of benzene rings is 1. The second kappa shape index (κ2) is 6.37. The third-order valence-electron chi connectivity index (χ3n) is 3.13. The van der Waals surface area contributed by atoms with Crippen LogP contribution >= 0.6 is 11.3 Å². The predicted octanol–water partition coefficient (Wildman–Crippen LogP) is 3.38. The molecule has 0 bridgehead atoms. The summed E-state index contributed by atoms with van der Waals surface area (Å²) in [6, 6.07) is 6.01. The van der Waals surface area contributed by atoms with Gasteiger partial charge in [0.1, 0.15) is 9.88 Å². The molecule has 0 aliphatic heterocycles. The summed E-state index contributed by atoms with van der Waals surface area (Å²) in [5, 5.41) is 3.94. The first-order valence-corrected chi connectivity index (χ1v) is 7.68. The molecule has 1 N–H and O–H groups in total. The molecule has 0 saturated carbocycles. The SMILES string of the molecule is Cc1ccc(NC(=O)c2sc(CN(C)C)nc2C)c(C)c1. The van der Waals surface area contributed by atoms with Gasteiger partial charge in [-0.2, -0.15) is 0 Å². The van der Waals surface area contributed by atoms with Crippen molar-refractivity contribution in [3.05, 3.63) is 44.9 Å². The maximum atomic E-state index is 12.4. The van der Waals surface area contributed by atoms with Crippen LogP contribution in [0.4, 0.5) is 5.69 Å². The normalized spacial score (nSPS) is 11.0. The molecule has 0 atom stereocenters. The van der Waals surface area contributed by atoms with Crippen molar-refractivity contribution in [1.29, 1.82) is 0 Å². The summed E-state index contributed by atoms with van der Waals surface area (Å²) in [5.74, 6) is -0.0815. The Morgan fingerprint density at radius 2 is 2.00 bits per heavy atom. The number of aryl methyl sites for hydroxylation is 3. The van der Waals surface area contributed by atoms with Crippen LogP contribution in [0.5, 0.6) is 0 Å². The van der Waals surface area contributed by atoms with Gasteiger partial charge in [-0.15, -0.1) is 11.3 Å². The van der Waals surface area contributed by atoms with Crippen molar-refractivity contribution in [3.63, 3.8) is 0 Å². The van der Waals surface area contributed by atoms with Gasteiger partial charge in [0, 0.05) is 12.2 Å². The van der Waals surface area contributed by atoms with Crippen LogP contribution in [0.2, 0.25) is 0 Å². The molecular weight excluding hydrogens is 282 g/mol. The van der Waals surface area contributed by atoms with Crippen LogP contribution in [0.1, 0.15) is 31.5 Å². The molecule has 21 heavy (non-hydrogen) atoms. The largest absolute Gasteiger partial charge is 0.321 e. The Hall–Kier alpha value is -1.72. The number of rotatable bonds is 4. The molecule has 0 radical (unpaired) electrons. The lowest BCUT2D eigenvalue weighted by molar-refractivity contribution is 0.102. The molecule has 4 nitrogen and oxygen atoms in total. The van der Waals surface area contributed by atoms with E-state index in [1.54, 1.807) is 0 Å². The third-order valence-corrected chi connectivity index (χ3v) is 4.27. The summed E-state index contributed by atoms with van der Waals surface area (Å²) in [7, 11) is 3.98. The number of nitrogens with zero attached hydrogens (tertiary/aromatic N) is 2. The number of hydrogen-bond donors (Lipinski definition) is 1. The van der Waals surface area contributed by atoms with Gasteiger partial charge in [0.25, 0.3) is 5.91 Å². The average molecular weight is 303 g/mol. The number of carbonyl (C=O) groups is 1. The van der Waals surface area contributed by atoms with Crippen LogP contribution in [-0.4, -0.2) is 29.9 Å². The highest BCUT2D eigenvalue weighted by Gasteiger charge is 2.16. The second-order valence-electron chi connectivity index (χ2n) is 5.53. The van der Waals surface area contributed by atoms with Crippen molar-refractivity contribution < 1.29 is 4.79 Å². The Balaban J connectivity index is 2.18. The van der Waals surface area contributed by atoms with Crippen LogP contribution in [0.3, 0.4) is 0 Å². The number of aromatic nitrogens is 1. The van der Waals surface area contributed by atoms with E-state index in [1.807, 2.05) is 51.9 Å². The lowest BCUT2D eigenvalue weighted by Gasteiger charge is -2.08. The number of thiazole rings is 1. The maximum Gasteiger partial charge on any atom is 0.267 e. The van der Waals surface area contributed by atoms with Crippen LogP contribution in [-0.2, 0) is 6.54 Å². The van der Waals surface area contributed by atoms with Crippen molar-refractivity contribution >= 4 is 22.9 Å². The number of amides is 1. The Kier molecular flexibility index (Phi) is 4.75. The van der Waals surface area contributed by atoms with Gasteiger partial charge in [-0.3, -0.25) is 4.79 Å². The van der Waals surface area contributed by atoms with Crippen molar-refractivity contribution in [2.45, 2.75) is 27.3 Å². The van der Waals surface area contributed by atoms with Gasteiger partial charge in [-0.1, -0.05) is 17.7 Å². The minimum atomic E-state index is -0.0815. The maximum absolute atomic E-state index is 12.4. The molecule has 5 heteroatoms. The molecule has 0 aliphatic rings. The van der Waals surface area contributed by atoms with E-state index in [0.717, 1.165) is 28.5 Å². The number of anilines is 1. The summed E-state index contributed by atoms with van der Waals surface area (Å²) in [5.41, 5.74) is 3.90. The summed E-state index contributed by atoms with van der Waals surface area (Å²) in [4.78, 5) is 19.6. The van der Waals surface area contributed by atoms with Crippen LogP contribution < -0.4 is 5.32 Å². The Bertz CT molecular complexity index is 662. The van der Waals surface area contributed by atoms with E-state index in [9.17, 15) is 4.79 Å². The minimum absolute atomic E-state index is 0.0815. The van der Waals surface area contributed by atoms with E-state index in [2.05, 4.69) is 16.4 Å². The molecule has 0 spiro atoms. The zero-order chi connectivity index (χ0) is 15.6. The van der Waals surface area contributed by atoms with Crippen LogP contribution in [0.15, 0.2) is 18.2 Å². The van der Waals surface area contributed by atoms with Gasteiger partial charge in [0.05, 0.1) is 5.69 Å². The summed E-state index contributed by atoms with van der Waals surface area (Å²) < 4.78 is 0. The topological polar surface area (TPSA) is 45.2 Å². The zero-order valence-electron chi connectivity index (χ0n) is 13.2. The molecule has 0 aliphatic carbocycles. The first-order valence-electron chi connectivity index (χ1n) is 6.86. The molecule has 0 unspecified atom stereocenters. The van der Waals surface area contributed by atoms with E-state index in [-0.39, 0.29) is 5.91 Å². The van der Waals surface area contributed by atoms with Gasteiger partial charge < -0.3 is 10.2 Å². The fourth-order valence-corrected chi connectivity index (χ4v) is 3.21. The predicted molar refractivity (Wildman–Crippen MR) is 88.1 cm³/mol. The average Bonchev–Trinajstić information content (AvgIpc) is 2.72. The van der Waals surface area contributed by atoms with Crippen molar-refractivity contribution in [2.75, 3.05) is 19.4 Å². The van der Waals surface area contributed by atoms with E-state index in [1.165, 1.54) is 16.9 Å². The van der Waals surface area contributed by atoms with E-state index in [0.29, 0.717) is 4.88 Å². The molecular formula is C16H21N3OS.